The van der Waals surface area contributed by atoms with Crippen LogP contribution >= 0.6 is 0 Å². The number of benzene rings is 2. The van der Waals surface area contributed by atoms with Crippen LogP contribution in [-0.2, 0) is 6.54 Å². The maximum atomic E-state index is 13.1. The van der Waals surface area contributed by atoms with Gasteiger partial charge in [-0.1, -0.05) is 38.1 Å². The predicted octanol–water partition coefficient (Wildman–Crippen LogP) is 4.42. The van der Waals surface area contributed by atoms with Gasteiger partial charge in [0.25, 0.3) is 5.91 Å². The molecule has 1 aromatic heterocycles. The smallest absolute Gasteiger partial charge is 0.253 e. The molecule has 152 valence electrons. The van der Waals surface area contributed by atoms with Crippen molar-refractivity contribution in [3.8, 4) is 0 Å². The minimum Gasteiger partial charge on any atom is -0.342 e. The van der Waals surface area contributed by atoms with Gasteiger partial charge in [0.05, 0.1) is 11.0 Å². The van der Waals surface area contributed by atoms with E-state index in [1.807, 2.05) is 35.2 Å². The maximum Gasteiger partial charge on any atom is 0.253 e. The highest BCUT2D eigenvalue weighted by Gasteiger charge is 2.27. The molecule has 0 saturated carbocycles. The predicted molar refractivity (Wildman–Crippen MR) is 117 cm³/mol. The highest BCUT2D eigenvalue weighted by Crippen LogP contribution is 2.27. The summed E-state index contributed by atoms with van der Waals surface area (Å²) in [4.78, 5) is 25.6. The van der Waals surface area contributed by atoms with Crippen molar-refractivity contribution in [1.29, 1.82) is 0 Å². The van der Waals surface area contributed by atoms with E-state index >= 15 is 0 Å². The lowest BCUT2D eigenvalue weighted by Crippen LogP contribution is -2.39. The summed E-state index contributed by atoms with van der Waals surface area (Å²) in [6, 6.07) is 16.2. The number of likely N-dealkylation sites (tertiary alicyclic amines) is 1. The minimum absolute atomic E-state index is 0.125. The first-order chi connectivity index (χ1) is 14.2. The average molecular weight is 391 g/mol. The molecule has 1 aliphatic heterocycles. The molecule has 0 aliphatic carbocycles. The molecule has 1 fully saturated rings. The SMILES string of the molecule is CCN(CC)Cc1ccc(C(=O)N2CCCC(c3nc4ccccc4[nH]3)C2)cc1. The molecule has 2 aromatic carbocycles. The number of hydrogen-bond acceptors (Lipinski definition) is 3. The molecule has 4 rings (SSSR count). The zero-order valence-electron chi connectivity index (χ0n) is 17.4. The first kappa shape index (κ1) is 19.6. The highest BCUT2D eigenvalue weighted by atomic mass is 16.2. The van der Waals surface area contributed by atoms with Gasteiger partial charge in [0, 0.05) is 31.1 Å². The number of piperidine rings is 1. The van der Waals surface area contributed by atoms with Gasteiger partial charge in [-0.3, -0.25) is 9.69 Å². The second kappa shape index (κ2) is 8.78. The third-order valence-electron chi connectivity index (χ3n) is 6.00. The number of aromatic nitrogens is 2. The Balaban J connectivity index is 1.44. The van der Waals surface area contributed by atoms with E-state index in [0.717, 1.165) is 68.0 Å². The van der Waals surface area contributed by atoms with Crippen LogP contribution in [0.4, 0.5) is 0 Å². The zero-order chi connectivity index (χ0) is 20.2. The van der Waals surface area contributed by atoms with E-state index in [4.69, 9.17) is 4.98 Å². The molecule has 0 bridgehead atoms. The number of amides is 1. The van der Waals surface area contributed by atoms with Gasteiger partial charge in [0.2, 0.25) is 0 Å². The normalized spacial score (nSPS) is 17.2. The molecule has 1 saturated heterocycles. The standard InChI is InChI=1S/C24H30N4O/c1-3-27(4-2)16-18-11-13-19(14-12-18)24(29)28-15-7-8-20(17-28)23-25-21-9-5-6-10-22(21)26-23/h5-6,9-14,20H,3-4,7-8,15-17H2,1-2H3,(H,25,26). The number of nitrogens with zero attached hydrogens (tertiary/aromatic N) is 3. The molecule has 1 unspecified atom stereocenters. The summed E-state index contributed by atoms with van der Waals surface area (Å²) >= 11 is 0. The largest absolute Gasteiger partial charge is 0.342 e. The van der Waals surface area contributed by atoms with Crippen molar-refractivity contribution >= 4 is 16.9 Å². The second-order valence-electron chi connectivity index (χ2n) is 7.89. The summed E-state index contributed by atoms with van der Waals surface area (Å²) < 4.78 is 0. The lowest BCUT2D eigenvalue weighted by molar-refractivity contribution is 0.0705. The van der Waals surface area contributed by atoms with Crippen LogP contribution in [0.15, 0.2) is 48.5 Å². The average Bonchev–Trinajstić information content (AvgIpc) is 3.22. The molecule has 2 heterocycles. The number of carbonyl (C=O) groups is 1. The highest BCUT2D eigenvalue weighted by molar-refractivity contribution is 5.94. The van der Waals surface area contributed by atoms with Crippen LogP contribution in [0.1, 0.15) is 54.4 Å². The van der Waals surface area contributed by atoms with E-state index in [2.05, 4.69) is 41.9 Å². The number of H-pyrrole nitrogens is 1. The molecular formula is C24H30N4O. The molecule has 1 N–H and O–H groups in total. The number of aromatic amines is 1. The summed E-state index contributed by atoms with van der Waals surface area (Å²) in [5.41, 5.74) is 4.09. The molecule has 5 heteroatoms. The number of fused-ring (bicyclic) bond motifs is 1. The molecule has 1 atom stereocenters. The molecule has 0 radical (unpaired) electrons. The van der Waals surface area contributed by atoms with Crippen molar-refractivity contribution in [2.75, 3.05) is 26.2 Å². The van der Waals surface area contributed by atoms with Gasteiger partial charge in [-0.05, 0) is 55.8 Å². The van der Waals surface area contributed by atoms with Crippen LogP contribution < -0.4 is 0 Å². The number of para-hydroxylation sites is 2. The fourth-order valence-corrected chi connectivity index (χ4v) is 4.19. The Morgan fingerprint density at radius 3 is 2.62 bits per heavy atom. The van der Waals surface area contributed by atoms with Crippen molar-refractivity contribution in [2.45, 2.75) is 39.2 Å². The van der Waals surface area contributed by atoms with Crippen molar-refractivity contribution in [3.05, 3.63) is 65.5 Å². The number of carbonyl (C=O) groups excluding carboxylic acids is 1. The number of nitrogens with one attached hydrogen (secondary N) is 1. The van der Waals surface area contributed by atoms with Crippen LogP contribution in [0, 0.1) is 0 Å². The molecule has 3 aromatic rings. The first-order valence-corrected chi connectivity index (χ1v) is 10.7. The first-order valence-electron chi connectivity index (χ1n) is 10.7. The Morgan fingerprint density at radius 1 is 1.14 bits per heavy atom. The van der Waals surface area contributed by atoms with E-state index < -0.39 is 0 Å². The lowest BCUT2D eigenvalue weighted by Gasteiger charge is -2.32. The van der Waals surface area contributed by atoms with Crippen LogP contribution in [0.5, 0.6) is 0 Å². The van der Waals surface area contributed by atoms with Gasteiger partial charge >= 0.3 is 0 Å². The van der Waals surface area contributed by atoms with Crippen molar-refractivity contribution in [2.24, 2.45) is 0 Å². The zero-order valence-corrected chi connectivity index (χ0v) is 17.4. The lowest BCUT2D eigenvalue weighted by atomic mass is 9.96. The van der Waals surface area contributed by atoms with Gasteiger partial charge in [-0.15, -0.1) is 0 Å². The summed E-state index contributed by atoms with van der Waals surface area (Å²) in [5, 5.41) is 0. The van der Waals surface area contributed by atoms with Crippen LogP contribution in [0.3, 0.4) is 0 Å². The summed E-state index contributed by atoms with van der Waals surface area (Å²) in [5.74, 6) is 1.39. The van der Waals surface area contributed by atoms with E-state index in [0.29, 0.717) is 0 Å². The van der Waals surface area contributed by atoms with Crippen LogP contribution in [0.25, 0.3) is 11.0 Å². The fourth-order valence-electron chi connectivity index (χ4n) is 4.19. The van der Waals surface area contributed by atoms with Gasteiger partial charge in [0.15, 0.2) is 0 Å². The third kappa shape index (κ3) is 4.35. The molecule has 1 aliphatic rings. The minimum atomic E-state index is 0.125. The van der Waals surface area contributed by atoms with Crippen molar-refractivity contribution in [1.82, 2.24) is 19.8 Å². The Labute approximate surface area is 172 Å². The van der Waals surface area contributed by atoms with Gasteiger partial charge in [-0.25, -0.2) is 4.98 Å². The molecular weight excluding hydrogens is 360 g/mol. The Morgan fingerprint density at radius 2 is 1.90 bits per heavy atom. The third-order valence-corrected chi connectivity index (χ3v) is 6.00. The molecule has 5 nitrogen and oxygen atoms in total. The number of hydrogen-bond donors (Lipinski definition) is 1. The van der Waals surface area contributed by atoms with E-state index in [1.54, 1.807) is 0 Å². The monoisotopic (exact) mass is 390 g/mol. The van der Waals surface area contributed by atoms with Gasteiger partial charge in [0.1, 0.15) is 5.82 Å². The second-order valence-corrected chi connectivity index (χ2v) is 7.89. The van der Waals surface area contributed by atoms with E-state index in [1.165, 1.54) is 5.56 Å². The Bertz CT molecular complexity index is 925. The fraction of sp³-hybridized carbons (Fsp3) is 0.417. The van der Waals surface area contributed by atoms with Crippen LogP contribution in [-0.4, -0.2) is 51.9 Å². The number of rotatable bonds is 6. The number of imidazole rings is 1. The summed E-state index contributed by atoms with van der Waals surface area (Å²) in [7, 11) is 0. The summed E-state index contributed by atoms with van der Waals surface area (Å²) in [6.45, 7) is 8.89. The quantitative estimate of drug-likeness (QED) is 0.678. The Hall–Kier alpha value is -2.66. The summed E-state index contributed by atoms with van der Waals surface area (Å²) in [6.07, 6.45) is 2.07. The van der Waals surface area contributed by atoms with Crippen LogP contribution in [0.2, 0.25) is 0 Å². The van der Waals surface area contributed by atoms with Crippen molar-refractivity contribution in [3.63, 3.8) is 0 Å². The maximum absolute atomic E-state index is 13.1. The van der Waals surface area contributed by atoms with E-state index in [-0.39, 0.29) is 11.8 Å². The van der Waals surface area contributed by atoms with Gasteiger partial charge in [-0.2, -0.15) is 0 Å². The topological polar surface area (TPSA) is 52.2 Å². The Kier molecular flexibility index (Phi) is 5.95. The molecule has 0 spiro atoms. The molecule has 29 heavy (non-hydrogen) atoms. The van der Waals surface area contributed by atoms with E-state index in [9.17, 15) is 4.79 Å². The van der Waals surface area contributed by atoms with Crippen molar-refractivity contribution < 1.29 is 4.79 Å². The molecule has 1 amide bonds. The van der Waals surface area contributed by atoms with Gasteiger partial charge < -0.3 is 9.88 Å².